The molecule has 1 aromatic carbocycles. The van der Waals surface area contributed by atoms with Crippen LogP contribution < -0.4 is 9.47 Å². The molecule has 1 spiro atoms. The quantitative estimate of drug-likeness (QED) is 0.844. The van der Waals surface area contributed by atoms with Crippen LogP contribution >= 0.6 is 0 Å². The van der Waals surface area contributed by atoms with E-state index in [0.29, 0.717) is 19.8 Å². The van der Waals surface area contributed by atoms with E-state index in [9.17, 15) is 4.79 Å². The zero-order valence-electron chi connectivity index (χ0n) is 15.2. The van der Waals surface area contributed by atoms with Crippen molar-refractivity contribution in [3.63, 3.8) is 0 Å². The number of benzene rings is 1. The second-order valence-electron chi connectivity index (χ2n) is 7.41. The monoisotopic (exact) mass is 345 g/mol. The molecule has 0 saturated heterocycles. The van der Waals surface area contributed by atoms with Gasteiger partial charge in [0.1, 0.15) is 19.8 Å². The molecular formula is C20H27NO4. The topological polar surface area (TPSA) is 48.0 Å². The third kappa shape index (κ3) is 2.78. The standard InChI is InChI=1S/C20H27NO4/c1-3-23-12-19(22)21-13-20(6-4-5-7-20)16-11-18-17(24-8-9-25-18)10-15(16)14(21)2/h10-11,14H,3-9,12-13H2,1-2H3. The maximum absolute atomic E-state index is 12.8. The summed E-state index contributed by atoms with van der Waals surface area (Å²) in [6.45, 7) is 6.73. The minimum Gasteiger partial charge on any atom is -0.486 e. The van der Waals surface area contributed by atoms with E-state index >= 15 is 0 Å². The summed E-state index contributed by atoms with van der Waals surface area (Å²) in [5.74, 6) is 1.75. The molecule has 25 heavy (non-hydrogen) atoms. The smallest absolute Gasteiger partial charge is 0.249 e. The van der Waals surface area contributed by atoms with Gasteiger partial charge < -0.3 is 19.1 Å². The van der Waals surface area contributed by atoms with Crippen LogP contribution in [0.1, 0.15) is 56.7 Å². The molecule has 2 aliphatic heterocycles. The van der Waals surface area contributed by atoms with Crippen molar-refractivity contribution < 1.29 is 19.0 Å². The van der Waals surface area contributed by atoms with Gasteiger partial charge in [-0.25, -0.2) is 0 Å². The fourth-order valence-corrected chi connectivity index (χ4v) is 4.68. The van der Waals surface area contributed by atoms with Crippen LogP contribution in [0.15, 0.2) is 12.1 Å². The molecule has 2 heterocycles. The zero-order valence-corrected chi connectivity index (χ0v) is 15.2. The van der Waals surface area contributed by atoms with Crippen molar-refractivity contribution in [1.82, 2.24) is 4.90 Å². The van der Waals surface area contributed by atoms with Gasteiger partial charge >= 0.3 is 0 Å². The van der Waals surface area contributed by atoms with E-state index in [0.717, 1.165) is 30.9 Å². The molecule has 0 bridgehead atoms. The number of hydrogen-bond acceptors (Lipinski definition) is 4. The second-order valence-corrected chi connectivity index (χ2v) is 7.41. The molecule has 1 atom stereocenters. The van der Waals surface area contributed by atoms with Gasteiger partial charge in [0.05, 0.1) is 6.04 Å². The number of fused-ring (bicyclic) bond motifs is 3. The van der Waals surface area contributed by atoms with Gasteiger partial charge in [0.2, 0.25) is 5.91 Å². The molecule has 1 saturated carbocycles. The molecule has 5 heteroatoms. The van der Waals surface area contributed by atoms with Crippen molar-refractivity contribution in [2.24, 2.45) is 0 Å². The van der Waals surface area contributed by atoms with Crippen LogP contribution in [0.25, 0.3) is 0 Å². The Balaban J connectivity index is 1.75. The van der Waals surface area contributed by atoms with E-state index in [1.807, 2.05) is 11.8 Å². The second kappa shape index (κ2) is 6.52. The SMILES string of the molecule is CCOCC(=O)N1CC2(CCCC2)c2cc3c(cc2C1C)OCCO3. The van der Waals surface area contributed by atoms with Crippen LogP contribution in [0, 0.1) is 0 Å². The predicted molar refractivity (Wildman–Crippen MR) is 94.2 cm³/mol. The highest BCUT2D eigenvalue weighted by molar-refractivity contribution is 5.79. The molecule has 1 aromatic rings. The average Bonchev–Trinajstić information content (AvgIpc) is 3.11. The normalized spacial score (nSPS) is 23.6. The molecule has 1 aliphatic carbocycles. The third-order valence-electron chi connectivity index (χ3n) is 5.99. The van der Waals surface area contributed by atoms with Gasteiger partial charge in [0.15, 0.2) is 11.5 Å². The van der Waals surface area contributed by atoms with Gasteiger partial charge in [-0.05, 0) is 49.9 Å². The Morgan fingerprint density at radius 3 is 2.60 bits per heavy atom. The lowest BCUT2D eigenvalue weighted by molar-refractivity contribution is -0.140. The van der Waals surface area contributed by atoms with Gasteiger partial charge in [-0.3, -0.25) is 4.79 Å². The average molecular weight is 345 g/mol. The fourth-order valence-electron chi connectivity index (χ4n) is 4.68. The number of amides is 1. The minimum atomic E-state index is 0.0324. The summed E-state index contributed by atoms with van der Waals surface area (Å²) in [7, 11) is 0. The molecule has 0 radical (unpaired) electrons. The van der Waals surface area contributed by atoms with Gasteiger partial charge in [0.25, 0.3) is 0 Å². The maximum atomic E-state index is 12.8. The summed E-state index contributed by atoms with van der Waals surface area (Å²) in [4.78, 5) is 14.8. The van der Waals surface area contributed by atoms with E-state index in [2.05, 4.69) is 19.1 Å². The Labute approximate surface area is 149 Å². The Morgan fingerprint density at radius 2 is 1.92 bits per heavy atom. The Kier molecular flexibility index (Phi) is 4.36. The first-order valence-electron chi connectivity index (χ1n) is 9.46. The largest absolute Gasteiger partial charge is 0.486 e. The maximum Gasteiger partial charge on any atom is 0.249 e. The van der Waals surface area contributed by atoms with Crippen LogP contribution in [-0.4, -0.2) is 43.8 Å². The number of carbonyl (C=O) groups is 1. The van der Waals surface area contributed by atoms with Gasteiger partial charge in [0, 0.05) is 18.6 Å². The number of ether oxygens (including phenoxy) is 3. The molecule has 0 N–H and O–H groups in total. The first kappa shape index (κ1) is 16.7. The molecule has 136 valence electrons. The summed E-state index contributed by atoms with van der Waals surface area (Å²) in [5, 5.41) is 0. The predicted octanol–water partition coefficient (Wildman–Crippen LogP) is 3.21. The highest BCUT2D eigenvalue weighted by atomic mass is 16.6. The first-order chi connectivity index (χ1) is 12.1. The molecule has 1 fully saturated rings. The van der Waals surface area contributed by atoms with Crippen LogP contribution in [0.4, 0.5) is 0 Å². The zero-order chi connectivity index (χ0) is 17.4. The van der Waals surface area contributed by atoms with Crippen molar-refractivity contribution in [1.29, 1.82) is 0 Å². The summed E-state index contributed by atoms with van der Waals surface area (Å²) in [6.07, 6.45) is 4.70. The Hall–Kier alpha value is -1.75. The van der Waals surface area contributed by atoms with E-state index in [4.69, 9.17) is 14.2 Å². The third-order valence-corrected chi connectivity index (χ3v) is 5.99. The number of hydrogen-bond donors (Lipinski definition) is 0. The highest BCUT2D eigenvalue weighted by Crippen LogP contribution is 2.51. The fraction of sp³-hybridized carbons (Fsp3) is 0.650. The molecular weight excluding hydrogens is 318 g/mol. The molecule has 0 aromatic heterocycles. The molecule has 4 rings (SSSR count). The summed E-state index contributed by atoms with van der Waals surface area (Å²) >= 11 is 0. The van der Waals surface area contributed by atoms with E-state index in [1.165, 1.54) is 24.0 Å². The molecule has 3 aliphatic rings. The van der Waals surface area contributed by atoms with Crippen molar-refractivity contribution in [3.8, 4) is 11.5 Å². The van der Waals surface area contributed by atoms with Crippen molar-refractivity contribution in [2.45, 2.75) is 51.0 Å². The molecule has 1 unspecified atom stereocenters. The molecule has 5 nitrogen and oxygen atoms in total. The summed E-state index contributed by atoms with van der Waals surface area (Å²) in [5.41, 5.74) is 2.63. The summed E-state index contributed by atoms with van der Waals surface area (Å²) in [6, 6.07) is 4.33. The van der Waals surface area contributed by atoms with E-state index in [-0.39, 0.29) is 24.0 Å². The Morgan fingerprint density at radius 1 is 1.24 bits per heavy atom. The van der Waals surface area contributed by atoms with Crippen LogP contribution in [-0.2, 0) is 14.9 Å². The van der Waals surface area contributed by atoms with Gasteiger partial charge in [-0.2, -0.15) is 0 Å². The highest BCUT2D eigenvalue weighted by Gasteiger charge is 2.46. The van der Waals surface area contributed by atoms with Crippen LogP contribution in [0.5, 0.6) is 11.5 Å². The number of nitrogens with zero attached hydrogens (tertiary/aromatic N) is 1. The van der Waals surface area contributed by atoms with E-state index < -0.39 is 0 Å². The van der Waals surface area contributed by atoms with E-state index in [1.54, 1.807) is 0 Å². The lowest BCUT2D eigenvalue weighted by Gasteiger charge is -2.46. The van der Waals surface area contributed by atoms with Gasteiger partial charge in [-0.15, -0.1) is 0 Å². The molecule has 1 amide bonds. The minimum absolute atomic E-state index is 0.0324. The van der Waals surface area contributed by atoms with Crippen molar-refractivity contribution >= 4 is 5.91 Å². The van der Waals surface area contributed by atoms with Crippen molar-refractivity contribution in [2.75, 3.05) is 33.0 Å². The van der Waals surface area contributed by atoms with Crippen molar-refractivity contribution in [3.05, 3.63) is 23.3 Å². The number of rotatable bonds is 3. The lowest BCUT2D eigenvalue weighted by Crippen LogP contribution is -2.49. The Bertz CT molecular complexity index is 666. The lowest BCUT2D eigenvalue weighted by atomic mass is 9.71. The summed E-state index contributed by atoms with van der Waals surface area (Å²) < 4.78 is 17.0. The first-order valence-corrected chi connectivity index (χ1v) is 9.46. The van der Waals surface area contributed by atoms with Crippen LogP contribution in [0.3, 0.4) is 0 Å². The van der Waals surface area contributed by atoms with Crippen LogP contribution in [0.2, 0.25) is 0 Å². The van der Waals surface area contributed by atoms with Gasteiger partial charge in [-0.1, -0.05) is 12.8 Å². The number of carbonyl (C=O) groups excluding carboxylic acids is 1.